The topological polar surface area (TPSA) is 130 Å². The zero-order valence-electron chi connectivity index (χ0n) is 13.5. The fraction of sp³-hybridized carbons (Fsp3) is 0. The number of rotatable bonds is 2. The molecule has 0 amide bonds. The molecule has 0 aliphatic carbocycles. The normalized spacial score (nSPS) is 11.3. The van der Waals surface area contributed by atoms with Gasteiger partial charge in [-0.25, -0.2) is 4.98 Å². The Morgan fingerprint density at radius 2 is 1.78 bits per heavy atom. The molecule has 0 atom stereocenters. The highest BCUT2D eigenvalue weighted by Crippen LogP contribution is 2.32. The summed E-state index contributed by atoms with van der Waals surface area (Å²) >= 11 is 1.37. The first kappa shape index (κ1) is 15.5. The summed E-state index contributed by atoms with van der Waals surface area (Å²) in [5.74, 6) is 0.465. The van der Waals surface area contributed by atoms with Crippen molar-refractivity contribution in [2.45, 2.75) is 0 Å². The Morgan fingerprint density at radius 3 is 2.67 bits per heavy atom. The summed E-state index contributed by atoms with van der Waals surface area (Å²) in [6.07, 6.45) is 1.06. The molecule has 130 valence electrons. The minimum atomic E-state index is -0.420. The number of aromatic nitrogens is 7. The largest absolute Gasteiger partial charge is 0.306 e. The van der Waals surface area contributed by atoms with Crippen LogP contribution in [0.4, 0.5) is 0 Å². The summed E-state index contributed by atoms with van der Waals surface area (Å²) in [5, 5.41) is 19.1. The maximum absolute atomic E-state index is 12.5. The van der Waals surface area contributed by atoms with Gasteiger partial charge >= 0.3 is 0 Å². The van der Waals surface area contributed by atoms with Gasteiger partial charge in [0.1, 0.15) is 22.5 Å². The van der Waals surface area contributed by atoms with Crippen LogP contribution in [0.1, 0.15) is 0 Å². The first-order chi connectivity index (χ1) is 13.2. The second-order valence-electron chi connectivity index (χ2n) is 5.68. The van der Waals surface area contributed by atoms with Crippen molar-refractivity contribution >= 4 is 32.5 Å². The van der Waals surface area contributed by atoms with Crippen molar-refractivity contribution in [3.05, 3.63) is 62.6 Å². The Bertz CT molecular complexity index is 1440. The highest BCUT2D eigenvalue weighted by Gasteiger charge is 2.19. The van der Waals surface area contributed by atoms with Crippen molar-refractivity contribution in [1.82, 2.24) is 35.3 Å². The average molecular weight is 375 g/mol. The maximum atomic E-state index is 12.5. The zero-order valence-corrected chi connectivity index (χ0v) is 14.3. The van der Waals surface area contributed by atoms with Gasteiger partial charge in [-0.05, 0) is 17.5 Å². The number of nitrogens with zero attached hydrogens (tertiary/aromatic N) is 5. The molecular formula is C17H9N7O2S. The molecule has 0 saturated carbocycles. The van der Waals surface area contributed by atoms with Gasteiger partial charge in [-0.2, -0.15) is 5.10 Å². The molecule has 27 heavy (non-hydrogen) atoms. The molecule has 2 N–H and O–H groups in total. The summed E-state index contributed by atoms with van der Waals surface area (Å²) in [7, 11) is 0. The first-order valence-electron chi connectivity index (χ1n) is 7.86. The SMILES string of the molecule is O=c1cnnc(-c2nnc3ccccc3c2-c2nc3sccc3c(=O)[nH]2)[nH]1. The van der Waals surface area contributed by atoms with Gasteiger partial charge < -0.3 is 9.97 Å². The Hall–Kier alpha value is -3.79. The van der Waals surface area contributed by atoms with Gasteiger partial charge in [0.25, 0.3) is 11.1 Å². The number of benzene rings is 1. The zero-order chi connectivity index (χ0) is 18.4. The molecule has 9 nitrogen and oxygen atoms in total. The number of hydrogen-bond acceptors (Lipinski definition) is 8. The van der Waals surface area contributed by atoms with Gasteiger partial charge in [-0.15, -0.1) is 26.6 Å². The van der Waals surface area contributed by atoms with Crippen molar-refractivity contribution in [3.8, 4) is 22.9 Å². The van der Waals surface area contributed by atoms with E-state index in [0.717, 1.165) is 6.20 Å². The van der Waals surface area contributed by atoms with Crippen molar-refractivity contribution in [3.63, 3.8) is 0 Å². The van der Waals surface area contributed by atoms with E-state index in [1.54, 1.807) is 17.5 Å². The summed E-state index contributed by atoms with van der Waals surface area (Å²) in [4.78, 5) is 34.7. The minimum absolute atomic E-state index is 0.143. The molecule has 0 unspecified atom stereocenters. The van der Waals surface area contributed by atoms with Gasteiger partial charge in [0.15, 0.2) is 5.82 Å². The van der Waals surface area contributed by atoms with E-state index in [9.17, 15) is 9.59 Å². The second-order valence-corrected chi connectivity index (χ2v) is 6.57. The van der Waals surface area contributed by atoms with Gasteiger partial charge in [0.2, 0.25) is 0 Å². The number of hydrogen-bond donors (Lipinski definition) is 2. The average Bonchev–Trinajstić information content (AvgIpc) is 3.16. The van der Waals surface area contributed by atoms with Crippen LogP contribution in [0.5, 0.6) is 0 Å². The molecular weight excluding hydrogens is 366 g/mol. The van der Waals surface area contributed by atoms with Gasteiger partial charge in [-0.1, -0.05) is 18.2 Å². The summed E-state index contributed by atoms with van der Waals surface area (Å²) in [6.45, 7) is 0. The van der Waals surface area contributed by atoms with Gasteiger partial charge in [0.05, 0.1) is 16.5 Å². The number of aromatic amines is 2. The lowest BCUT2D eigenvalue weighted by Crippen LogP contribution is -2.12. The number of thiophene rings is 1. The third-order valence-corrected chi connectivity index (χ3v) is 4.84. The molecule has 0 aliphatic heterocycles. The molecule has 4 heterocycles. The monoisotopic (exact) mass is 375 g/mol. The van der Waals surface area contributed by atoms with Crippen LogP contribution in [0.3, 0.4) is 0 Å². The molecule has 0 bridgehead atoms. The lowest BCUT2D eigenvalue weighted by atomic mass is 10.1. The molecule has 5 aromatic rings. The van der Waals surface area contributed by atoms with Gasteiger partial charge in [0, 0.05) is 5.39 Å². The van der Waals surface area contributed by atoms with Crippen molar-refractivity contribution in [2.24, 2.45) is 0 Å². The minimum Gasteiger partial charge on any atom is -0.306 e. The van der Waals surface area contributed by atoms with Crippen LogP contribution in [-0.4, -0.2) is 35.3 Å². The summed E-state index contributed by atoms with van der Waals surface area (Å²) in [5.41, 5.74) is 0.741. The van der Waals surface area contributed by atoms with Crippen LogP contribution in [0.15, 0.2) is 51.5 Å². The first-order valence-corrected chi connectivity index (χ1v) is 8.74. The highest BCUT2D eigenvalue weighted by molar-refractivity contribution is 7.16. The number of nitrogens with one attached hydrogen (secondary N) is 2. The lowest BCUT2D eigenvalue weighted by Gasteiger charge is -2.09. The van der Waals surface area contributed by atoms with Crippen molar-refractivity contribution in [1.29, 1.82) is 0 Å². The predicted octanol–water partition coefficient (Wildman–Crippen LogP) is 1.74. The van der Waals surface area contributed by atoms with E-state index in [1.807, 2.05) is 18.2 Å². The van der Waals surface area contributed by atoms with E-state index in [1.165, 1.54) is 11.3 Å². The van der Waals surface area contributed by atoms with E-state index < -0.39 is 5.56 Å². The number of fused-ring (bicyclic) bond motifs is 2. The summed E-state index contributed by atoms with van der Waals surface area (Å²) in [6, 6.07) is 9.05. The third-order valence-electron chi connectivity index (χ3n) is 4.04. The number of H-pyrrole nitrogens is 2. The Balaban J connectivity index is 1.92. The van der Waals surface area contributed by atoms with Crippen LogP contribution in [-0.2, 0) is 0 Å². The standard InChI is InChI=1S/C17H9N7O2S/c25-11-7-18-24-15(19-11)13-12(8-3-1-2-4-10(8)22-23-13)14-20-16(26)9-5-6-27-17(9)21-14/h1-7H,(H,19,24,25)(H,20,21,26). The second kappa shape index (κ2) is 5.88. The molecule has 0 spiro atoms. The van der Waals surface area contributed by atoms with E-state index in [0.29, 0.717) is 32.5 Å². The lowest BCUT2D eigenvalue weighted by molar-refractivity contribution is 0.933. The van der Waals surface area contributed by atoms with Crippen molar-refractivity contribution < 1.29 is 0 Å². The Morgan fingerprint density at radius 1 is 0.889 bits per heavy atom. The molecule has 5 rings (SSSR count). The molecule has 0 aliphatic rings. The fourth-order valence-electron chi connectivity index (χ4n) is 2.86. The van der Waals surface area contributed by atoms with Crippen LogP contribution in [0, 0.1) is 0 Å². The molecule has 4 aromatic heterocycles. The van der Waals surface area contributed by atoms with Crippen LogP contribution in [0.2, 0.25) is 0 Å². The van der Waals surface area contributed by atoms with Crippen LogP contribution >= 0.6 is 11.3 Å². The van der Waals surface area contributed by atoms with E-state index >= 15 is 0 Å². The van der Waals surface area contributed by atoms with Crippen molar-refractivity contribution in [2.75, 3.05) is 0 Å². The molecule has 0 fully saturated rings. The predicted molar refractivity (Wildman–Crippen MR) is 100 cm³/mol. The molecule has 0 radical (unpaired) electrons. The van der Waals surface area contributed by atoms with Gasteiger partial charge in [-0.3, -0.25) is 9.59 Å². The maximum Gasteiger partial charge on any atom is 0.269 e. The fourth-order valence-corrected chi connectivity index (χ4v) is 3.63. The van der Waals surface area contributed by atoms with Crippen LogP contribution in [0.25, 0.3) is 44.0 Å². The molecule has 10 heteroatoms. The summed E-state index contributed by atoms with van der Waals surface area (Å²) < 4.78 is 0. The molecule has 0 saturated heterocycles. The molecule has 1 aromatic carbocycles. The Labute approximate surface area is 153 Å². The van der Waals surface area contributed by atoms with E-state index in [2.05, 4.69) is 35.3 Å². The van der Waals surface area contributed by atoms with E-state index in [-0.39, 0.29) is 17.1 Å². The highest BCUT2D eigenvalue weighted by atomic mass is 32.1. The smallest absolute Gasteiger partial charge is 0.269 e. The quantitative estimate of drug-likeness (QED) is 0.480. The third kappa shape index (κ3) is 2.50. The van der Waals surface area contributed by atoms with E-state index in [4.69, 9.17) is 0 Å². The van der Waals surface area contributed by atoms with Crippen LogP contribution < -0.4 is 11.1 Å². The Kier molecular flexibility index (Phi) is 3.37.